The molecule has 0 atom stereocenters. The third-order valence-corrected chi connectivity index (χ3v) is 6.63. The van der Waals surface area contributed by atoms with Crippen molar-refractivity contribution in [3.8, 4) is 22.8 Å². The molecule has 3 heterocycles. The fourth-order valence-electron chi connectivity index (χ4n) is 3.96. The zero-order valence-corrected chi connectivity index (χ0v) is 21.7. The second-order valence-electron chi connectivity index (χ2n) is 8.80. The van der Waals surface area contributed by atoms with E-state index in [2.05, 4.69) is 38.9 Å². The molecule has 0 saturated carbocycles. The Kier molecular flexibility index (Phi) is 7.82. The first-order valence-electron chi connectivity index (χ1n) is 11.7. The van der Waals surface area contributed by atoms with Gasteiger partial charge in [0.05, 0.1) is 26.5 Å². The molecule has 2 aromatic heterocycles. The van der Waals surface area contributed by atoms with E-state index in [0.29, 0.717) is 23.2 Å². The van der Waals surface area contributed by atoms with Crippen LogP contribution in [0.3, 0.4) is 0 Å². The highest BCUT2D eigenvalue weighted by atomic mass is 32.1. The molecule has 1 aromatic carbocycles. The van der Waals surface area contributed by atoms with Gasteiger partial charge < -0.3 is 19.7 Å². The van der Waals surface area contributed by atoms with Gasteiger partial charge in [0.1, 0.15) is 23.1 Å². The molecule has 1 fully saturated rings. The van der Waals surface area contributed by atoms with Crippen LogP contribution in [-0.4, -0.2) is 72.7 Å². The Labute approximate surface area is 210 Å². The molecular weight excluding hydrogens is 464 g/mol. The third kappa shape index (κ3) is 6.07. The van der Waals surface area contributed by atoms with Crippen molar-refractivity contribution >= 4 is 28.2 Å². The van der Waals surface area contributed by atoms with E-state index < -0.39 is 0 Å². The van der Waals surface area contributed by atoms with Crippen LogP contribution in [0.15, 0.2) is 29.6 Å². The lowest BCUT2D eigenvalue weighted by Gasteiger charge is -2.35. The normalized spacial score (nSPS) is 14.3. The molecule has 0 spiro atoms. The number of thiazole rings is 1. The lowest BCUT2D eigenvalue weighted by molar-refractivity contribution is -0.117. The molecule has 3 aromatic rings. The molecule has 1 aliphatic rings. The number of amides is 1. The summed E-state index contributed by atoms with van der Waals surface area (Å²) in [5, 5.41) is 5.42. The number of carbonyl (C=O) groups is 1. The predicted molar refractivity (Wildman–Crippen MR) is 139 cm³/mol. The van der Waals surface area contributed by atoms with Crippen LogP contribution in [0, 0.1) is 6.92 Å². The quantitative estimate of drug-likeness (QED) is 0.503. The zero-order chi connectivity index (χ0) is 24.9. The first-order valence-corrected chi connectivity index (χ1v) is 12.5. The highest BCUT2D eigenvalue weighted by Crippen LogP contribution is 2.34. The Balaban J connectivity index is 1.32. The largest absolute Gasteiger partial charge is 0.497 e. The van der Waals surface area contributed by atoms with Crippen molar-refractivity contribution in [2.75, 3.05) is 57.2 Å². The van der Waals surface area contributed by atoms with E-state index in [9.17, 15) is 4.79 Å². The van der Waals surface area contributed by atoms with E-state index >= 15 is 0 Å². The summed E-state index contributed by atoms with van der Waals surface area (Å²) >= 11 is 1.40. The molecule has 35 heavy (non-hydrogen) atoms. The fourth-order valence-corrected chi connectivity index (χ4v) is 4.68. The highest BCUT2D eigenvalue weighted by molar-refractivity contribution is 7.14. The summed E-state index contributed by atoms with van der Waals surface area (Å²) in [6.45, 7) is 9.77. The number of rotatable bonds is 8. The standard InChI is InChI=1S/C25H32N6O3S/c1-16(2)24-26-17(3)12-22(28-24)31-10-8-30(9-11-31)14-23(32)29-25-27-20(15-35-25)19-7-6-18(33-4)13-21(19)34-5/h6-7,12-13,15-16H,8-11,14H2,1-5H3,(H,27,29,32). The second-order valence-corrected chi connectivity index (χ2v) is 9.65. The number of anilines is 2. The van der Waals surface area contributed by atoms with E-state index in [0.717, 1.165) is 54.8 Å². The maximum absolute atomic E-state index is 12.7. The zero-order valence-electron chi connectivity index (χ0n) is 20.9. The van der Waals surface area contributed by atoms with Crippen LogP contribution in [0.1, 0.15) is 31.3 Å². The fraction of sp³-hybridized carbons (Fsp3) is 0.440. The third-order valence-electron chi connectivity index (χ3n) is 5.87. The van der Waals surface area contributed by atoms with Gasteiger partial charge in [-0.05, 0) is 19.1 Å². The van der Waals surface area contributed by atoms with Crippen LogP contribution in [0.25, 0.3) is 11.3 Å². The summed E-state index contributed by atoms with van der Waals surface area (Å²) in [4.78, 5) is 31.0. The summed E-state index contributed by atoms with van der Waals surface area (Å²) in [6, 6.07) is 7.62. The van der Waals surface area contributed by atoms with Crippen molar-refractivity contribution in [2.24, 2.45) is 0 Å². The second kappa shape index (κ2) is 11.0. The Morgan fingerprint density at radius 1 is 1.09 bits per heavy atom. The molecule has 0 unspecified atom stereocenters. The minimum atomic E-state index is -0.0685. The monoisotopic (exact) mass is 496 g/mol. The minimum absolute atomic E-state index is 0.0685. The number of aryl methyl sites for hydroxylation is 1. The molecular formula is C25H32N6O3S. The number of carbonyl (C=O) groups excluding carboxylic acids is 1. The Morgan fingerprint density at radius 3 is 2.54 bits per heavy atom. The number of nitrogens with one attached hydrogen (secondary N) is 1. The van der Waals surface area contributed by atoms with E-state index in [1.807, 2.05) is 36.6 Å². The molecule has 10 heteroatoms. The summed E-state index contributed by atoms with van der Waals surface area (Å²) in [5.74, 6) is 3.44. The molecule has 0 bridgehead atoms. The van der Waals surface area contributed by atoms with Crippen LogP contribution in [0.2, 0.25) is 0 Å². The summed E-state index contributed by atoms with van der Waals surface area (Å²) < 4.78 is 10.7. The smallest absolute Gasteiger partial charge is 0.240 e. The van der Waals surface area contributed by atoms with E-state index in [1.54, 1.807) is 14.2 Å². The van der Waals surface area contributed by atoms with E-state index in [-0.39, 0.29) is 11.8 Å². The van der Waals surface area contributed by atoms with E-state index in [4.69, 9.17) is 14.5 Å². The Hall–Kier alpha value is -3.24. The van der Waals surface area contributed by atoms with Gasteiger partial charge in [-0.1, -0.05) is 13.8 Å². The van der Waals surface area contributed by atoms with Crippen molar-refractivity contribution in [2.45, 2.75) is 26.7 Å². The van der Waals surface area contributed by atoms with Crippen molar-refractivity contribution in [3.63, 3.8) is 0 Å². The van der Waals surface area contributed by atoms with Crippen molar-refractivity contribution in [1.29, 1.82) is 0 Å². The van der Waals surface area contributed by atoms with Crippen LogP contribution >= 0.6 is 11.3 Å². The molecule has 0 aliphatic carbocycles. The molecule has 1 N–H and O–H groups in total. The predicted octanol–water partition coefficient (Wildman–Crippen LogP) is 3.81. The number of hydrogen-bond acceptors (Lipinski definition) is 9. The number of aromatic nitrogens is 3. The Morgan fingerprint density at radius 2 is 1.86 bits per heavy atom. The Bertz CT molecular complexity index is 1170. The molecule has 1 amide bonds. The van der Waals surface area contributed by atoms with E-state index in [1.165, 1.54) is 11.3 Å². The van der Waals surface area contributed by atoms with Gasteiger partial charge in [-0.2, -0.15) is 0 Å². The van der Waals surface area contributed by atoms with Crippen LogP contribution in [-0.2, 0) is 4.79 Å². The van der Waals surface area contributed by atoms with Gasteiger partial charge in [-0.3, -0.25) is 9.69 Å². The van der Waals surface area contributed by atoms with Gasteiger partial charge in [0.2, 0.25) is 5.91 Å². The van der Waals surface area contributed by atoms with Gasteiger partial charge in [0.15, 0.2) is 5.13 Å². The highest BCUT2D eigenvalue weighted by Gasteiger charge is 2.22. The van der Waals surface area contributed by atoms with Gasteiger partial charge in [0.25, 0.3) is 0 Å². The average molecular weight is 497 g/mol. The van der Waals surface area contributed by atoms with Crippen LogP contribution in [0.5, 0.6) is 11.5 Å². The first-order chi connectivity index (χ1) is 16.9. The molecule has 9 nitrogen and oxygen atoms in total. The van der Waals surface area contributed by atoms with Crippen LogP contribution < -0.4 is 19.7 Å². The summed E-state index contributed by atoms with van der Waals surface area (Å²) in [5.41, 5.74) is 2.58. The number of piperazine rings is 1. The minimum Gasteiger partial charge on any atom is -0.497 e. The SMILES string of the molecule is COc1ccc(-c2csc(NC(=O)CN3CCN(c4cc(C)nc(C(C)C)n4)CC3)n2)c(OC)c1. The topological polar surface area (TPSA) is 92.7 Å². The molecule has 186 valence electrons. The molecule has 1 saturated heterocycles. The van der Waals surface area contributed by atoms with Crippen molar-refractivity contribution in [1.82, 2.24) is 19.9 Å². The van der Waals surface area contributed by atoms with Crippen LogP contribution in [0.4, 0.5) is 10.9 Å². The number of benzene rings is 1. The molecule has 0 radical (unpaired) electrons. The number of nitrogens with zero attached hydrogens (tertiary/aromatic N) is 5. The maximum Gasteiger partial charge on any atom is 0.240 e. The number of methoxy groups -OCH3 is 2. The number of ether oxygens (including phenoxy) is 2. The maximum atomic E-state index is 12.7. The summed E-state index contributed by atoms with van der Waals surface area (Å²) in [6.07, 6.45) is 0. The summed E-state index contributed by atoms with van der Waals surface area (Å²) in [7, 11) is 3.23. The first kappa shape index (κ1) is 24.9. The molecule has 4 rings (SSSR count). The molecule has 1 aliphatic heterocycles. The lowest BCUT2D eigenvalue weighted by Crippen LogP contribution is -2.49. The lowest BCUT2D eigenvalue weighted by atomic mass is 10.1. The van der Waals surface area contributed by atoms with Gasteiger partial charge in [0, 0.05) is 60.9 Å². The van der Waals surface area contributed by atoms with Gasteiger partial charge in [-0.15, -0.1) is 11.3 Å². The van der Waals surface area contributed by atoms with Crippen molar-refractivity contribution in [3.05, 3.63) is 41.2 Å². The van der Waals surface area contributed by atoms with Gasteiger partial charge in [-0.25, -0.2) is 15.0 Å². The van der Waals surface area contributed by atoms with Gasteiger partial charge >= 0.3 is 0 Å². The average Bonchev–Trinajstić information content (AvgIpc) is 3.31. The van der Waals surface area contributed by atoms with Crippen molar-refractivity contribution < 1.29 is 14.3 Å². The number of hydrogen-bond donors (Lipinski definition) is 1.